The number of nitrogens with zero attached hydrogens (tertiary/aromatic N) is 2. The van der Waals surface area contributed by atoms with E-state index < -0.39 is 11.9 Å². The van der Waals surface area contributed by atoms with E-state index in [9.17, 15) is 19.2 Å². The molecular weight excluding hydrogens is 414 g/mol. The second-order valence-corrected chi connectivity index (χ2v) is 8.92. The fourth-order valence-corrected chi connectivity index (χ4v) is 5.15. The molecule has 0 aliphatic carbocycles. The van der Waals surface area contributed by atoms with Crippen LogP contribution in [0.3, 0.4) is 0 Å². The molecule has 0 saturated carbocycles. The zero-order valence-electron chi connectivity index (χ0n) is 17.8. The van der Waals surface area contributed by atoms with Gasteiger partial charge in [-0.2, -0.15) is 0 Å². The van der Waals surface area contributed by atoms with Gasteiger partial charge in [0.2, 0.25) is 17.7 Å². The van der Waals surface area contributed by atoms with Crippen molar-refractivity contribution in [2.75, 3.05) is 39.4 Å². The zero-order valence-corrected chi connectivity index (χ0v) is 17.8. The van der Waals surface area contributed by atoms with Gasteiger partial charge in [-0.15, -0.1) is 0 Å². The van der Waals surface area contributed by atoms with Crippen LogP contribution in [0.2, 0.25) is 0 Å². The van der Waals surface area contributed by atoms with Gasteiger partial charge in [-0.1, -0.05) is 12.1 Å². The maximum absolute atomic E-state index is 12.8. The number of morpholine rings is 1. The molecule has 1 aromatic rings. The summed E-state index contributed by atoms with van der Waals surface area (Å²) in [4.78, 5) is 52.3. The maximum atomic E-state index is 12.8. The molecule has 10 heteroatoms. The van der Waals surface area contributed by atoms with Crippen LogP contribution < -0.4 is 16.0 Å². The highest BCUT2D eigenvalue weighted by Crippen LogP contribution is 2.28. The summed E-state index contributed by atoms with van der Waals surface area (Å²) in [5.74, 6) is -0.765. The van der Waals surface area contributed by atoms with Crippen LogP contribution in [0.25, 0.3) is 0 Å². The molecule has 3 saturated heterocycles. The summed E-state index contributed by atoms with van der Waals surface area (Å²) in [6.45, 7) is 4.27. The number of piperidine rings is 1. The standard InChI is InChI=1S/C22H27N5O5/c28-18-4-3-17(20(30)25-18)26-10-15-7-14(1-2-16(15)21(26)31)8-23-11-22-12-24-9-19(29)27(22)5-6-32-13-22/h1-2,7,17,23-24H,3-6,8-13H2,(H,25,28,30). The first-order valence-electron chi connectivity index (χ1n) is 11.0. The molecule has 5 rings (SSSR count). The van der Waals surface area contributed by atoms with Crippen molar-refractivity contribution in [1.82, 2.24) is 25.8 Å². The van der Waals surface area contributed by atoms with Gasteiger partial charge in [0.1, 0.15) is 6.04 Å². The fourth-order valence-electron chi connectivity index (χ4n) is 5.15. The minimum absolute atomic E-state index is 0.103. The summed E-state index contributed by atoms with van der Waals surface area (Å²) in [7, 11) is 0. The summed E-state index contributed by atoms with van der Waals surface area (Å²) >= 11 is 0. The first-order valence-corrected chi connectivity index (χ1v) is 11.0. The molecule has 3 N–H and O–H groups in total. The van der Waals surface area contributed by atoms with E-state index in [1.165, 1.54) is 0 Å². The number of rotatable bonds is 5. The zero-order chi connectivity index (χ0) is 22.3. The molecule has 0 radical (unpaired) electrons. The average molecular weight is 441 g/mol. The summed E-state index contributed by atoms with van der Waals surface area (Å²) in [6, 6.07) is 5.10. The third-order valence-electron chi connectivity index (χ3n) is 6.81. The van der Waals surface area contributed by atoms with E-state index in [1.807, 2.05) is 17.0 Å². The van der Waals surface area contributed by atoms with Gasteiger partial charge in [-0.3, -0.25) is 24.5 Å². The van der Waals surface area contributed by atoms with Crippen molar-refractivity contribution in [3.8, 4) is 0 Å². The molecule has 1 aromatic carbocycles. The molecule has 4 aliphatic heterocycles. The van der Waals surface area contributed by atoms with Gasteiger partial charge < -0.3 is 25.2 Å². The molecule has 32 heavy (non-hydrogen) atoms. The van der Waals surface area contributed by atoms with E-state index >= 15 is 0 Å². The Morgan fingerprint density at radius 1 is 1.22 bits per heavy atom. The van der Waals surface area contributed by atoms with Gasteiger partial charge in [0.25, 0.3) is 5.91 Å². The summed E-state index contributed by atoms with van der Waals surface area (Å²) in [5.41, 5.74) is 2.12. The topological polar surface area (TPSA) is 120 Å². The molecule has 4 aliphatic rings. The van der Waals surface area contributed by atoms with E-state index in [2.05, 4.69) is 16.0 Å². The molecule has 4 heterocycles. The number of piperazine rings is 1. The third-order valence-corrected chi connectivity index (χ3v) is 6.81. The van der Waals surface area contributed by atoms with Crippen molar-refractivity contribution >= 4 is 23.6 Å². The average Bonchev–Trinajstić information content (AvgIpc) is 3.09. The van der Waals surface area contributed by atoms with Gasteiger partial charge in [-0.25, -0.2) is 0 Å². The van der Waals surface area contributed by atoms with E-state index in [4.69, 9.17) is 4.74 Å². The van der Waals surface area contributed by atoms with E-state index in [0.29, 0.717) is 64.5 Å². The lowest BCUT2D eigenvalue weighted by Crippen LogP contribution is -2.71. The van der Waals surface area contributed by atoms with Crippen molar-refractivity contribution in [1.29, 1.82) is 0 Å². The Morgan fingerprint density at radius 2 is 2.09 bits per heavy atom. The molecule has 3 fully saturated rings. The van der Waals surface area contributed by atoms with Crippen molar-refractivity contribution in [2.45, 2.75) is 37.5 Å². The number of ether oxygens (including phenoxy) is 1. The predicted molar refractivity (Wildman–Crippen MR) is 112 cm³/mol. The predicted octanol–water partition coefficient (Wildman–Crippen LogP) is -1.26. The molecule has 170 valence electrons. The van der Waals surface area contributed by atoms with E-state index in [0.717, 1.165) is 11.1 Å². The van der Waals surface area contributed by atoms with Crippen LogP contribution in [-0.2, 0) is 32.2 Å². The largest absolute Gasteiger partial charge is 0.377 e. The highest BCUT2D eigenvalue weighted by atomic mass is 16.5. The van der Waals surface area contributed by atoms with Crippen LogP contribution in [0.5, 0.6) is 0 Å². The van der Waals surface area contributed by atoms with Gasteiger partial charge in [0, 0.05) is 44.7 Å². The number of carbonyl (C=O) groups is 4. The van der Waals surface area contributed by atoms with Crippen LogP contribution >= 0.6 is 0 Å². The molecular formula is C22H27N5O5. The van der Waals surface area contributed by atoms with Crippen LogP contribution in [-0.4, -0.2) is 84.4 Å². The number of nitrogens with one attached hydrogen (secondary N) is 3. The Labute approximate surface area is 185 Å². The van der Waals surface area contributed by atoms with Crippen LogP contribution in [0, 0.1) is 0 Å². The first kappa shape index (κ1) is 21.0. The number of carbonyl (C=O) groups excluding carboxylic acids is 4. The monoisotopic (exact) mass is 441 g/mol. The van der Waals surface area contributed by atoms with Crippen molar-refractivity contribution < 1.29 is 23.9 Å². The lowest BCUT2D eigenvalue weighted by molar-refractivity contribution is -0.153. The Morgan fingerprint density at radius 3 is 2.94 bits per heavy atom. The number of hydrogen-bond donors (Lipinski definition) is 3. The second kappa shape index (κ2) is 8.27. The summed E-state index contributed by atoms with van der Waals surface area (Å²) < 4.78 is 5.68. The van der Waals surface area contributed by atoms with Gasteiger partial charge in [0.15, 0.2) is 0 Å². The molecule has 2 unspecified atom stereocenters. The van der Waals surface area contributed by atoms with Crippen LogP contribution in [0.15, 0.2) is 18.2 Å². The number of fused-ring (bicyclic) bond motifs is 2. The SMILES string of the molecule is O=C1CCC(N2Cc3cc(CNCC45CNCC(=O)N4CCOC5)ccc3C2=O)C(=O)N1. The highest BCUT2D eigenvalue weighted by Gasteiger charge is 2.44. The molecule has 4 amide bonds. The minimum Gasteiger partial charge on any atom is -0.377 e. The van der Waals surface area contributed by atoms with Crippen LogP contribution in [0.1, 0.15) is 34.3 Å². The maximum Gasteiger partial charge on any atom is 0.255 e. The lowest BCUT2D eigenvalue weighted by atomic mass is 9.93. The smallest absolute Gasteiger partial charge is 0.255 e. The molecule has 0 aromatic heterocycles. The number of benzene rings is 1. The van der Waals surface area contributed by atoms with E-state index in [1.54, 1.807) is 11.0 Å². The number of amides is 4. The second-order valence-electron chi connectivity index (χ2n) is 8.92. The Hall–Kier alpha value is -2.82. The normalized spacial score (nSPS) is 27.9. The number of hydrogen-bond acceptors (Lipinski definition) is 7. The van der Waals surface area contributed by atoms with E-state index in [-0.39, 0.29) is 29.7 Å². The molecule has 0 bridgehead atoms. The highest BCUT2D eigenvalue weighted by molar-refractivity contribution is 6.05. The third kappa shape index (κ3) is 3.68. The number of imide groups is 1. The summed E-state index contributed by atoms with van der Waals surface area (Å²) in [6.07, 6.45) is 0.595. The van der Waals surface area contributed by atoms with Gasteiger partial charge in [0.05, 0.1) is 25.3 Å². The van der Waals surface area contributed by atoms with Crippen LogP contribution in [0.4, 0.5) is 0 Å². The molecule has 0 spiro atoms. The fraction of sp³-hybridized carbons (Fsp3) is 0.545. The van der Waals surface area contributed by atoms with Gasteiger partial charge in [-0.05, 0) is 23.6 Å². The van der Waals surface area contributed by atoms with Gasteiger partial charge >= 0.3 is 0 Å². The quantitative estimate of drug-likeness (QED) is 0.488. The Bertz CT molecular complexity index is 977. The van der Waals surface area contributed by atoms with Crippen molar-refractivity contribution in [3.63, 3.8) is 0 Å². The Balaban J connectivity index is 1.23. The Kier molecular flexibility index (Phi) is 5.44. The molecule has 10 nitrogen and oxygen atoms in total. The first-order chi connectivity index (χ1) is 15.5. The lowest BCUT2D eigenvalue weighted by Gasteiger charge is -2.50. The molecule has 2 atom stereocenters. The van der Waals surface area contributed by atoms with Crippen molar-refractivity contribution in [3.05, 3.63) is 34.9 Å². The summed E-state index contributed by atoms with van der Waals surface area (Å²) in [5, 5.41) is 8.98. The minimum atomic E-state index is -0.609. The van der Waals surface area contributed by atoms with Crippen molar-refractivity contribution in [2.24, 2.45) is 0 Å².